The van der Waals surface area contributed by atoms with Crippen molar-refractivity contribution in [2.24, 2.45) is 0 Å². The summed E-state index contributed by atoms with van der Waals surface area (Å²) in [5.74, 6) is 0.846. The minimum atomic E-state index is 0.107. The van der Waals surface area contributed by atoms with E-state index in [1.807, 2.05) is 31.2 Å². The summed E-state index contributed by atoms with van der Waals surface area (Å²) in [7, 11) is 0.968. The average Bonchev–Trinajstić information content (AvgIpc) is 2.08. The summed E-state index contributed by atoms with van der Waals surface area (Å²) in [6.45, 7) is 5.89. The van der Waals surface area contributed by atoms with Crippen LogP contribution in [-0.4, -0.2) is 16.3 Å². The van der Waals surface area contributed by atoms with Gasteiger partial charge in [-0.15, -0.1) is 6.58 Å². The molecule has 0 aromatic heterocycles. The number of hydrogen-bond donors (Lipinski definition) is 1. The van der Waals surface area contributed by atoms with Crippen molar-refractivity contribution in [1.82, 2.24) is 0 Å². The summed E-state index contributed by atoms with van der Waals surface area (Å²) in [5, 5.41) is 1.15. The number of nitrogen functional groups attached to an aromatic ring is 1. The molecule has 1 atom stereocenters. The molecule has 0 aliphatic rings. The van der Waals surface area contributed by atoms with Gasteiger partial charge in [0.2, 0.25) is 0 Å². The van der Waals surface area contributed by atoms with Crippen molar-refractivity contribution in [2.75, 3.05) is 5.73 Å². The molecule has 0 saturated heterocycles. The van der Waals surface area contributed by atoms with Crippen molar-refractivity contribution in [2.45, 2.75) is 13.0 Å². The SMILES string of the molecule is C=C([SiH3])C(C)Oc1ccc(N)cc1. The van der Waals surface area contributed by atoms with Gasteiger partial charge in [-0.05, 0) is 31.2 Å². The quantitative estimate of drug-likeness (QED) is 0.572. The zero-order valence-corrected chi connectivity index (χ0v) is 10.1. The van der Waals surface area contributed by atoms with Gasteiger partial charge in [0.25, 0.3) is 0 Å². The lowest BCUT2D eigenvalue weighted by molar-refractivity contribution is 0.266. The van der Waals surface area contributed by atoms with Crippen molar-refractivity contribution in [1.29, 1.82) is 0 Å². The summed E-state index contributed by atoms with van der Waals surface area (Å²) < 4.78 is 5.61. The maximum atomic E-state index is 5.61. The largest absolute Gasteiger partial charge is 0.487 e. The summed E-state index contributed by atoms with van der Waals surface area (Å²) in [6.07, 6.45) is 0.107. The predicted octanol–water partition coefficient (Wildman–Crippen LogP) is 0.915. The average molecular weight is 193 g/mol. The third-order valence-electron chi connectivity index (χ3n) is 1.89. The van der Waals surface area contributed by atoms with Gasteiger partial charge in [0, 0.05) is 15.9 Å². The Labute approximate surface area is 81.8 Å². The second-order valence-electron chi connectivity index (χ2n) is 3.18. The molecule has 0 aliphatic heterocycles. The van der Waals surface area contributed by atoms with Crippen LogP contribution in [0.3, 0.4) is 0 Å². The molecule has 2 N–H and O–H groups in total. The summed E-state index contributed by atoms with van der Waals surface area (Å²) in [6, 6.07) is 7.41. The van der Waals surface area contributed by atoms with E-state index in [0.717, 1.165) is 26.9 Å². The summed E-state index contributed by atoms with van der Waals surface area (Å²) in [4.78, 5) is 0. The zero-order valence-electron chi connectivity index (χ0n) is 8.08. The molecule has 0 heterocycles. The smallest absolute Gasteiger partial charge is 0.120 e. The molecule has 0 radical (unpaired) electrons. The first-order valence-electron chi connectivity index (χ1n) is 4.27. The molecule has 2 nitrogen and oxygen atoms in total. The van der Waals surface area contributed by atoms with E-state index in [9.17, 15) is 0 Å². The molecule has 0 spiro atoms. The van der Waals surface area contributed by atoms with Crippen LogP contribution >= 0.6 is 0 Å². The number of nitrogens with two attached hydrogens (primary N) is 1. The van der Waals surface area contributed by atoms with E-state index in [0.29, 0.717) is 0 Å². The Morgan fingerprint density at radius 2 is 2.00 bits per heavy atom. The van der Waals surface area contributed by atoms with Crippen LogP contribution in [-0.2, 0) is 0 Å². The molecule has 0 fully saturated rings. The Balaban J connectivity index is 2.64. The molecular weight excluding hydrogens is 178 g/mol. The van der Waals surface area contributed by atoms with E-state index in [-0.39, 0.29) is 6.10 Å². The van der Waals surface area contributed by atoms with Crippen LogP contribution in [0.5, 0.6) is 5.75 Å². The molecule has 0 aliphatic carbocycles. The molecule has 1 aromatic carbocycles. The molecule has 1 rings (SSSR count). The zero-order chi connectivity index (χ0) is 9.84. The first kappa shape index (κ1) is 9.86. The highest BCUT2D eigenvalue weighted by molar-refractivity contribution is 6.21. The van der Waals surface area contributed by atoms with Crippen molar-refractivity contribution in [3.8, 4) is 5.75 Å². The lowest BCUT2D eigenvalue weighted by Gasteiger charge is -2.14. The molecule has 0 saturated carbocycles. The van der Waals surface area contributed by atoms with Gasteiger partial charge in [-0.3, -0.25) is 0 Å². The van der Waals surface area contributed by atoms with Crippen LogP contribution in [0.25, 0.3) is 0 Å². The number of anilines is 1. The van der Waals surface area contributed by atoms with Crippen LogP contribution in [0, 0.1) is 0 Å². The van der Waals surface area contributed by atoms with Crippen molar-refractivity contribution >= 4 is 15.9 Å². The molecule has 0 amide bonds. The lowest BCUT2D eigenvalue weighted by Crippen LogP contribution is -2.14. The van der Waals surface area contributed by atoms with E-state index >= 15 is 0 Å². The fourth-order valence-electron chi connectivity index (χ4n) is 0.851. The minimum absolute atomic E-state index is 0.107. The Morgan fingerprint density at radius 1 is 1.46 bits per heavy atom. The molecule has 13 heavy (non-hydrogen) atoms. The maximum absolute atomic E-state index is 5.61. The standard InChI is InChI=1S/C10H15NOSi/c1-7(8(2)13)12-10-5-3-9(11)4-6-10/h3-7H,2,11H2,1,13H3. The Bertz CT molecular complexity index is 294. The monoisotopic (exact) mass is 193 g/mol. The molecular formula is C10H15NOSi. The van der Waals surface area contributed by atoms with Gasteiger partial charge in [0.1, 0.15) is 11.9 Å². The molecule has 1 aromatic rings. The first-order valence-corrected chi connectivity index (χ1v) is 5.27. The van der Waals surface area contributed by atoms with Crippen LogP contribution < -0.4 is 10.5 Å². The van der Waals surface area contributed by atoms with Gasteiger partial charge in [0.05, 0.1) is 0 Å². The van der Waals surface area contributed by atoms with E-state index in [4.69, 9.17) is 10.5 Å². The van der Waals surface area contributed by atoms with Gasteiger partial charge in [-0.25, -0.2) is 0 Å². The number of ether oxygens (including phenoxy) is 1. The minimum Gasteiger partial charge on any atom is -0.487 e. The van der Waals surface area contributed by atoms with E-state index in [1.165, 1.54) is 0 Å². The van der Waals surface area contributed by atoms with Crippen LogP contribution in [0.2, 0.25) is 0 Å². The number of rotatable bonds is 3. The lowest BCUT2D eigenvalue weighted by atomic mass is 10.3. The Morgan fingerprint density at radius 3 is 2.46 bits per heavy atom. The van der Waals surface area contributed by atoms with Crippen LogP contribution in [0.15, 0.2) is 36.0 Å². The van der Waals surface area contributed by atoms with Gasteiger partial charge in [0.15, 0.2) is 0 Å². The third-order valence-corrected chi connectivity index (χ3v) is 2.70. The Hall–Kier alpha value is -1.22. The van der Waals surface area contributed by atoms with Crippen LogP contribution in [0.4, 0.5) is 5.69 Å². The third kappa shape index (κ3) is 2.95. The summed E-state index contributed by atoms with van der Waals surface area (Å²) in [5.41, 5.74) is 6.31. The normalized spacial score (nSPS) is 12.4. The maximum Gasteiger partial charge on any atom is 0.120 e. The highest BCUT2D eigenvalue weighted by Gasteiger charge is 2.02. The highest BCUT2D eigenvalue weighted by atomic mass is 28.1. The van der Waals surface area contributed by atoms with Gasteiger partial charge in [-0.1, -0.05) is 5.20 Å². The predicted molar refractivity (Wildman–Crippen MR) is 60.0 cm³/mol. The fourth-order valence-corrected chi connectivity index (χ4v) is 0.969. The van der Waals surface area contributed by atoms with Gasteiger partial charge >= 0.3 is 0 Å². The van der Waals surface area contributed by atoms with Crippen molar-refractivity contribution in [3.63, 3.8) is 0 Å². The van der Waals surface area contributed by atoms with Gasteiger partial charge in [-0.2, -0.15) is 0 Å². The second kappa shape index (κ2) is 4.14. The molecule has 1 unspecified atom stereocenters. The number of hydrogen-bond acceptors (Lipinski definition) is 2. The highest BCUT2D eigenvalue weighted by Crippen LogP contribution is 2.15. The fraction of sp³-hybridized carbons (Fsp3) is 0.200. The topological polar surface area (TPSA) is 35.2 Å². The van der Waals surface area contributed by atoms with E-state index in [1.54, 1.807) is 0 Å². The molecule has 3 heteroatoms. The molecule has 70 valence electrons. The summed E-state index contributed by atoms with van der Waals surface area (Å²) >= 11 is 0. The van der Waals surface area contributed by atoms with E-state index in [2.05, 4.69) is 6.58 Å². The Kier molecular flexibility index (Phi) is 3.14. The van der Waals surface area contributed by atoms with Gasteiger partial charge < -0.3 is 10.5 Å². The second-order valence-corrected chi connectivity index (χ2v) is 4.46. The molecule has 0 bridgehead atoms. The number of benzene rings is 1. The van der Waals surface area contributed by atoms with Crippen molar-refractivity contribution in [3.05, 3.63) is 36.0 Å². The van der Waals surface area contributed by atoms with Crippen LogP contribution in [0.1, 0.15) is 6.92 Å². The van der Waals surface area contributed by atoms with E-state index < -0.39 is 0 Å². The first-order chi connectivity index (χ1) is 6.09. The van der Waals surface area contributed by atoms with Crippen molar-refractivity contribution < 1.29 is 4.74 Å².